The molecule has 7 heteroatoms. The molecule has 0 amide bonds. The quantitative estimate of drug-likeness (QED) is 0.329. The van der Waals surface area contributed by atoms with Gasteiger partial charge in [0, 0.05) is 55.9 Å². The molecular weight excluding hydrogens is 517 g/mol. The van der Waals surface area contributed by atoms with Gasteiger partial charge >= 0.3 is 0 Å². The maximum atomic E-state index is 4.45. The molecule has 1 aromatic carbocycles. The lowest BCUT2D eigenvalue weighted by Gasteiger charge is -2.21. The van der Waals surface area contributed by atoms with Gasteiger partial charge in [-0.3, -0.25) is 4.99 Å². The second-order valence-electron chi connectivity index (χ2n) is 6.92. The molecule has 1 fully saturated rings. The molecule has 0 bridgehead atoms. The third-order valence-electron chi connectivity index (χ3n) is 4.85. The number of nitrogens with zero attached hydrogens (tertiary/aromatic N) is 3. The number of hydrogen-bond acceptors (Lipinski definition) is 3. The SMILES string of the molecule is CN=C(NCc1cccnc1N(C)C)NCC1(c2ccccc2Br)CC1.I. The molecule has 146 valence electrons. The number of nitrogens with one attached hydrogen (secondary N) is 2. The Bertz CT molecular complexity index is 789. The lowest BCUT2D eigenvalue weighted by atomic mass is 9.96. The Morgan fingerprint density at radius 2 is 1.93 bits per heavy atom. The Hall–Kier alpha value is -1.35. The fraction of sp³-hybridized carbons (Fsp3) is 0.400. The maximum Gasteiger partial charge on any atom is 0.191 e. The lowest BCUT2D eigenvalue weighted by Crippen LogP contribution is -2.41. The molecule has 27 heavy (non-hydrogen) atoms. The molecule has 0 aliphatic heterocycles. The summed E-state index contributed by atoms with van der Waals surface area (Å²) in [5, 5.41) is 6.91. The van der Waals surface area contributed by atoms with Gasteiger partial charge in [0.2, 0.25) is 0 Å². The van der Waals surface area contributed by atoms with Crippen LogP contribution in [-0.4, -0.2) is 38.6 Å². The average Bonchev–Trinajstić information content (AvgIpc) is 3.43. The molecule has 1 saturated carbocycles. The van der Waals surface area contributed by atoms with Crippen molar-refractivity contribution in [2.45, 2.75) is 24.8 Å². The molecule has 0 unspecified atom stereocenters. The highest BCUT2D eigenvalue weighted by molar-refractivity contribution is 14.0. The summed E-state index contributed by atoms with van der Waals surface area (Å²) in [7, 11) is 5.82. The van der Waals surface area contributed by atoms with Crippen molar-refractivity contribution in [1.82, 2.24) is 15.6 Å². The van der Waals surface area contributed by atoms with E-state index in [1.54, 1.807) is 0 Å². The van der Waals surface area contributed by atoms with E-state index in [4.69, 9.17) is 0 Å². The highest BCUT2D eigenvalue weighted by atomic mass is 127. The van der Waals surface area contributed by atoms with Gasteiger partial charge in [-0.15, -0.1) is 24.0 Å². The topological polar surface area (TPSA) is 52.6 Å². The highest BCUT2D eigenvalue weighted by Gasteiger charge is 2.45. The predicted molar refractivity (Wildman–Crippen MR) is 127 cm³/mol. The van der Waals surface area contributed by atoms with Crippen molar-refractivity contribution in [2.75, 3.05) is 32.6 Å². The van der Waals surface area contributed by atoms with Crippen molar-refractivity contribution < 1.29 is 0 Å². The Balaban J connectivity index is 0.00000261. The predicted octanol–water partition coefficient (Wildman–Crippen LogP) is 3.92. The minimum absolute atomic E-state index is 0. The molecule has 0 spiro atoms. The van der Waals surface area contributed by atoms with E-state index < -0.39 is 0 Å². The van der Waals surface area contributed by atoms with Gasteiger partial charge in [-0.1, -0.05) is 40.2 Å². The molecule has 1 aliphatic carbocycles. The smallest absolute Gasteiger partial charge is 0.191 e. The second kappa shape index (κ2) is 9.73. The molecule has 3 rings (SSSR count). The van der Waals surface area contributed by atoms with Crippen molar-refractivity contribution in [3.63, 3.8) is 0 Å². The molecule has 1 aromatic heterocycles. The van der Waals surface area contributed by atoms with Gasteiger partial charge in [0.1, 0.15) is 5.82 Å². The minimum Gasteiger partial charge on any atom is -0.362 e. The van der Waals surface area contributed by atoms with Gasteiger partial charge in [-0.25, -0.2) is 4.98 Å². The molecule has 5 nitrogen and oxygen atoms in total. The third kappa shape index (κ3) is 5.34. The van der Waals surface area contributed by atoms with Crippen LogP contribution < -0.4 is 15.5 Å². The fourth-order valence-corrected chi connectivity index (χ4v) is 3.91. The third-order valence-corrected chi connectivity index (χ3v) is 5.55. The van der Waals surface area contributed by atoms with Crippen LogP contribution in [0.2, 0.25) is 0 Å². The summed E-state index contributed by atoms with van der Waals surface area (Å²) in [6.07, 6.45) is 4.22. The van der Waals surface area contributed by atoms with Gasteiger partial charge < -0.3 is 15.5 Å². The normalized spacial score (nSPS) is 14.9. The van der Waals surface area contributed by atoms with Gasteiger partial charge in [0.05, 0.1) is 0 Å². The van der Waals surface area contributed by atoms with Crippen LogP contribution in [-0.2, 0) is 12.0 Å². The molecule has 2 aromatic rings. The molecule has 0 saturated heterocycles. The van der Waals surface area contributed by atoms with E-state index in [9.17, 15) is 0 Å². The molecule has 0 atom stereocenters. The monoisotopic (exact) mass is 543 g/mol. The van der Waals surface area contributed by atoms with Gasteiger partial charge in [0.15, 0.2) is 5.96 Å². The number of halogens is 2. The molecule has 1 aliphatic rings. The van der Waals surface area contributed by atoms with Crippen LogP contribution in [0.25, 0.3) is 0 Å². The Labute approximate surface area is 187 Å². The van der Waals surface area contributed by atoms with E-state index in [0.29, 0.717) is 6.54 Å². The van der Waals surface area contributed by atoms with Gasteiger partial charge in [-0.2, -0.15) is 0 Å². The van der Waals surface area contributed by atoms with Crippen LogP contribution in [0.5, 0.6) is 0 Å². The van der Waals surface area contributed by atoms with Crippen LogP contribution in [0.1, 0.15) is 24.0 Å². The van der Waals surface area contributed by atoms with E-state index in [0.717, 1.165) is 23.9 Å². The van der Waals surface area contributed by atoms with E-state index in [1.807, 2.05) is 38.3 Å². The first-order chi connectivity index (χ1) is 12.6. The van der Waals surface area contributed by atoms with Crippen LogP contribution in [0.4, 0.5) is 5.82 Å². The summed E-state index contributed by atoms with van der Waals surface area (Å²) in [6, 6.07) is 12.6. The van der Waals surface area contributed by atoms with Gasteiger partial charge in [0.25, 0.3) is 0 Å². The van der Waals surface area contributed by atoms with Crippen LogP contribution in [0.3, 0.4) is 0 Å². The Kier molecular flexibility index (Phi) is 7.91. The average molecular weight is 544 g/mol. The van der Waals surface area contributed by atoms with Crippen LogP contribution >= 0.6 is 39.9 Å². The number of anilines is 1. The van der Waals surface area contributed by atoms with E-state index in [1.165, 1.54) is 22.9 Å². The first kappa shape index (κ1) is 21.9. The van der Waals surface area contributed by atoms with Crippen LogP contribution in [0.15, 0.2) is 52.1 Å². The largest absolute Gasteiger partial charge is 0.362 e. The summed E-state index contributed by atoms with van der Waals surface area (Å²) >= 11 is 3.69. The molecule has 1 heterocycles. The fourth-order valence-electron chi connectivity index (χ4n) is 3.21. The zero-order valence-electron chi connectivity index (χ0n) is 16.0. The molecule has 0 radical (unpaired) electrons. The number of pyridine rings is 1. The lowest BCUT2D eigenvalue weighted by molar-refractivity contribution is 0.643. The second-order valence-corrected chi connectivity index (χ2v) is 7.77. The first-order valence-electron chi connectivity index (χ1n) is 8.86. The number of rotatable bonds is 6. The molecular formula is C20H27BrIN5. The number of aliphatic imine (C=N–C) groups is 1. The standard InChI is InChI=1S/C20H26BrN5.HI/c1-22-19(24-13-15-7-6-12-23-18(15)26(2)3)25-14-20(10-11-20)16-8-4-5-9-17(16)21;/h4-9,12H,10-11,13-14H2,1-3H3,(H2,22,24,25);1H. The molecule has 2 N–H and O–H groups in total. The van der Waals surface area contributed by atoms with Crippen molar-refractivity contribution >= 4 is 51.7 Å². The highest BCUT2D eigenvalue weighted by Crippen LogP contribution is 2.49. The number of guanidine groups is 1. The Morgan fingerprint density at radius 3 is 2.56 bits per heavy atom. The number of hydrogen-bond donors (Lipinski definition) is 2. The summed E-state index contributed by atoms with van der Waals surface area (Å²) in [5.74, 6) is 1.79. The number of aromatic nitrogens is 1. The van der Waals surface area contributed by atoms with E-state index in [-0.39, 0.29) is 29.4 Å². The van der Waals surface area contributed by atoms with E-state index >= 15 is 0 Å². The minimum atomic E-state index is 0. The zero-order valence-corrected chi connectivity index (χ0v) is 19.9. The van der Waals surface area contributed by atoms with E-state index in [2.05, 4.69) is 66.9 Å². The summed E-state index contributed by atoms with van der Waals surface area (Å²) in [5.41, 5.74) is 2.73. The first-order valence-corrected chi connectivity index (χ1v) is 9.66. The number of benzene rings is 1. The van der Waals surface area contributed by atoms with Crippen LogP contribution in [0, 0.1) is 0 Å². The van der Waals surface area contributed by atoms with Crippen molar-refractivity contribution in [3.05, 3.63) is 58.2 Å². The Morgan fingerprint density at radius 1 is 1.19 bits per heavy atom. The summed E-state index contributed by atoms with van der Waals surface area (Å²) in [4.78, 5) is 10.8. The van der Waals surface area contributed by atoms with Crippen molar-refractivity contribution in [1.29, 1.82) is 0 Å². The summed E-state index contributed by atoms with van der Waals surface area (Å²) < 4.78 is 1.19. The zero-order chi connectivity index (χ0) is 18.6. The van der Waals surface area contributed by atoms with Gasteiger partial charge in [-0.05, 0) is 30.5 Å². The maximum absolute atomic E-state index is 4.45. The van der Waals surface area contributed by atoms with Crippen molar-refractivity contribution in [2.24, 2.45) is 4.99 Å². The summed E-state index contributed by atoms with van der Waals surface area (Å²) in [6.45, 7) is 1.56. The van der Waals surface area contributed by atoms with Crippen molar-refractivity contribution in [3.8, 4) is 0 Å².